The number of hydrogen-bond acceptors (Lipinski definition) is 2. The molecule has 0 aromatic heterocycles. The van der Waals surface area contributed by atoms with Crippen LogP contribution in [0.5, 0.6) is 5.75 Å². The van der Waals surface area contributed by atoms with Crippen LogP contribution in [0.4, 0.5) is 0 Å². The fraction of sp³-hybridized carbons (Fsp3) is 0.571. The molecule has 1 fully saturated rings. The van der Waals surface area contributed by atoms with E-state index in [1.54, 1.807) is 7.11 Å². The second-order valence-electron chi connectivity index (χ2n) is 4.93. The van der Waals surface area contributed by atoms with Crippen LogP contribution in [0.2, 0.25) is 5.02 Å². The van der Waals surface area contributed by atoms with Crippen molar-refractivity contribution in [2.45, 2.75) is 38.6 Å². The van der Waals surface area contributed by atoms with Gasteiger partial charge in [0.2, 0.25) is 0 Å². The SMILES string of the molecule is COc1cc(C(C)C)cc(C2CCCN2)c1Cl. The van der Waals surface area contributed by atoms with E-state index >= 15 is 0 Å². The predicted molar refractivity (Wildman–Crippen MR) is 72.1 cm³/mol. The Labute approximate surface area is 108 Å². The smallest absolute Gasteiger partial charge is 0.138 e. The van der Waals surface area contributed by atoms with Crippen molar-refractivity contribution in [3.8, 4) is 5.75 Å². The largest absolute Gasteiger partial charge is 0.495 e. The van der Waals surface area contributed by atoms with Gasteiger partial charge >= 0.3 is 0 Å². The van der Waals surface area contributed by atoms with Crippen LogP contribution in [-0.4, -0.2) is 13.7 Å². The molecule has 1 heterocycles. The first-order chi connectivity index (χ1) is 8.13. The number of rotatable bonds is 3. The first-order valence-electron chi connectivity index (χ1n) is 6.24. The van der Waals surface area contributed by atoms with E-state index in [1.807, 2.05) is 6.07 Å². The molecule has 0 radical (unpaired) electrons. The van der Waals surface area contributed by atoms with E-state index in [0.717, 1.165) is 23.7 Å². The minimum atomic E-state index is 0.384. The fourth-order valence-corrected chi connectivity index (χ4v) is 2.64. The molecule has 1 saturated heterocycles. The van der Waals surface area contributed by atoms with Gasteiger partial charge in [-0.3, -0.25) is 0 Å². The quantitative estimate of drug-likeness (QED) is 0.882. The molecule has 3 heteroatoms. The molecule has 2 nitrogen and oxygen atoms in total. The van der Waals surface area contributed by atoms with Crippen molar-refractivity contribution in [1.82, 2.24) is 5.32 Å². The van der Waals surface area contributed by atoms with Crippen molar-refractivity contribution in [3.63, 3.8) is 0 Å². The summed E-state index contributed by atoms with van der Waals surface area (Å²) < 4.78 is 5.38. The summed E-state index contributed by atoms with van der Waals surface area (Å²) in [5.41, 5.74) is 2.47. The van der Waals surface area contributed by atoms with Crippen molar-refractivity contribution >= 4 is 11.6 Å². The number of benzene rings is 1. The lowest BCUT2D eigenvalue weighted by atomic mass is 9.96. The van der Waals surface area contributed by atoms with E-state index in [9.17, 15) is 0 Å². The molecule has 0 aliphatic carbocycles. The molecule has 2 rings (SSSR count). The Morgan fingerprint density at radius 1 is 1.41 bits per heavy atom. The van der Waals surface area contributed by atoms with E-state index < -0.39 is 0 Å². The van der Waals surface area contributed by atoms with Gasteiger partial charge in [-0.05, 0) is 42.5 Å². The van der Waals surface area contributed by atoms with Gasteiger partial charge in [0, 0.05) is 6.04 Å². The van der Waals surface area contributed by atoms with Crippen molar-refractivity contribution in [3.05, 3.63) is 28.3 Å². The number of nitrogens with one attached hydrogen (secondary N) is 1. The fourth-order valence-electron chi connectivity index (χ4n) is 2.33. The average Bonchev–Trinajstić information content (AvgIpc) is 2.82. The monoisotopic (exact) mass is 253 g/mol. The van der Waals surface area contributed by atoms with Crippen LogP contribution in [0.1, 0.15) is 49.8 Å². The average molecular weight is 254 g/mol. The topological polar surface area (TPSA) is 21.3 Å². The zero-order valence-electron chi connectivity index (χ0n) is 10.7. The number of ether oxygens (including phenoxy) is 1. The number of hydrogen-bond donors (Lipinski definition) is 1. The zero-order chi connectivity index (χ0) is 12.4. The summed E-state index contributed by atoms with van der Waals surface area (Å²) in [5.74, 6) is 1.28. The van der Waals surface area contributed by atoms with Gasteiger partial charge in [-0.1, -0.05) is 31.5 Å². The Balaban J connectivity index is 2.44. The third-order valence-corrected chi connectivity index (χ3v) is 3.82. The summed E-state index contributed by atoms with van der Waals surface area (Å²) in [5, 5.41) is 4.25. The van der Waals surface area contributed by atoms with Gasteiger partial charge in [-0.15, -0.1) is 0 Å². The molecular weight excluding hydrogens is 234 g/mol. The third-order valence-electron chi connectivity index (χ3n) is 3.41. The predicted octanol–water partition coefficient (Wildman–Crippen LogP) is 3.90. The lowest BCUT2D eigenvalue weighted by molar-refractivity contribution is 0.413. The van der Waals surface area contributed by atoms with E-state index in [4.69, 9.17) is 16.3 Å². The molecule has 0 bridgehead atoms. The summed E-state index contributed by atoms with van der Waals surface area (Å²) in [6.07, 6.45) is 2.37. The standard InChI is InChI=1S/C14H20ClNO/c1-9(2)10-7-11(12-5-4-6-16-12)14(15)13(8-10)17-3/h7-9,12,16H,4-6H2,1-3H3. The Morgan fingerprint density at radius 2 is 2.18 bits per heavy atom. The van der Waals surface area contributed by atoms with Crippen LogP contribution in [-0.2, 0) is 0 Å². The van der Waals surface area contributed by atoms with E-state index in [2.05, 4.69) is 25.2 Å². The number of halogens is 1. The highest BCUT2D eigenvalue weighted by molar-refractivity contribution is 6.33. The lowest BCUT2D eigenvalue weighted by Crippen LogP contribution is -2.14. The summed E-state index contributed by atoms with van der Waals surface area (Å²) in [6, 6.07) is 4.65. The van der Waals surface area contributed by atoms with Crippen molar-refractivity contribution in [2.75, 3.05) is 13.7 Å². The van der Waals surface area contributed by atoms with Crippen LogP contribution >= 0.6 is 11.6 Å². The van der Waals surface area contributed by atoms with E-state index in [0.29, 0.717) is 12.0 Å². The highest BCUT2D eigenvalue weighted by Gasteiger charge is 2.22. The van der Waals surface area contributed by atoms with Gasteiger partial charge in [-0.25, -0.2) is 0 Å². The lowest BCUT2D eigenvalue weighted by Gasteiger charge is -2.18. The van der Waals surface area contributed by atoms with Crippen molar-refractivity contribution in [1.29, 1.82) is 0 Å². The Hall–Kier alpha value is -0.730. The first kappa shape index (κ1) is 12.7. The maximum Gasteiger partial charge on any atom is 0.138 e. The van der Waals surface area contributed by atoms with Gasteiger partial charge in [0.1, 0.15) is 5.75 Å². The van der Waals surface area contributed by atoms with Crippen LogP contribution in [0, 0.1) is 0 Å². The molecular formula is C14H20ClNO. The third kappa shape index (κ3) is 2.58. The molecule has 1 aromatic carbocycles. The first-order valence-corrected chi connectivity index (χ1v) is 6.62. The molecule has 1 atom stereocenters. The highest BCUT2D eigenvalue weighted by atomic mass is 35.5. The molecule has 1 aromatic rings. The molecule has 0 spiro atoms. The minimum Gasteiger partial charge on any atom is -0.495 e. The summed E-state index contributed by atoms with van der Waals surface area (Å²) in [7, 11) is 1.68. The maximum atomic E-state index is 6.40. The van der Waals surface area contributed by atoms with E-state index in [1.165, 1.54) is 17.5 Å². The van der Waals surface area contributed by atoms with Crippen LogP contribution in [0.15, 0.2) is 12.1 Å². The Morgan fingerprint density at radius 3 is 2.71 bits per heavy atom. The molecule has 0 amide bonds. The van der Waals surface area contributed by atoms with Gasteiger partial charge in [0.05, 0.1) is 12.1 Å². The van der Waals surface area contributed by atoms with Gasteiger partial charge < -0.3 is 10.1 Å². The second kappa shape index (κ2) is 5.28. The molecule has 1 aliphatic rings. The van der Waals surface area contributed by atoms with Crippen LogP contribution in [0.3, 0.4) is 0 Å². The van der Waals surface area contributed by atoms with Crippen LogP contribution < -0.4 is 10.1 Å². The van der Waals surface area contributed by atoms with Gasteiger partial charge in [0.15, 0.2) is 0 Å². The summed E-state index contributed by atoms with van der Waals surface area (Å²) in [6.45, 7) is 5.46. The highest BCUT2D eigenvalue weighted by Crippen LogP contribution is 2.38. The summed E-state index contributed by atoms with van der Waals surface area (Å²) >= 11 is 6.40. The Kier molecular flexibility index (Phi) is 3.95. The summed E-state index contributed by atoms with van der Waals surface area (Å²) in [4.78, 5) is 0. The van der Waals surface area contributed by atoms with E-state index in [-0.39, 0.29) is 0 Å². The van der Waals surface area contributed by atoms with Crippen LogP contribution in [0.25, 0.3) is 0 Å². The number of methoxy groups -OCH3 is 1. The molecule has 1 aliphatic heterocycles. The molecule has 0 saturated carbocycles. The minimum absolute atomic E-state index is 0.384. The van der Waals surface area contributed by atoms with Gasteiger partial charge in [-0.2, -0.15) is 0 Å². The van der Waals surface area contributed by atoms with Crippen molar-refractivity contribution < 1.29 is 4.74 Å². The molecule has 17 heavy (non-hydrogen) atoms. The molecule has 1 unspecified atom stereocenters. The Bertz CT molecular complexity index is 397. The molecule has 1 N–H and O–H groups in total. The van der Waals surface area contributed by atoms with Crippen molar-refractivity contribution in [2.24, 2.45) is 0 Å². The van der Waals surface area contributed by atoms with Gasteiger partial charge in [0.25, 0.3) is 0 Å². The second-order valence-corrected chi connectivity index (χ2v) is 5.31. The molecule has 94 valence electrons. The maximum absolute atomic E-state index is 6.40. The normalized spacial score (nSPS) is 19.9. The zero-order valence-corrected chi connectivity index (χ0v) is 11.5.